The highest BCUT2D eigenvalue weighted by molar-refractivity contribution is 5.71. The summed E-state index contributed by atoms with van der Waals surface area (Å²) in [4.78, 5) is 13.5. The summed E-state index contributed by atoms with van der Waals surface area (Å²) in [6.45, 7) is 6.20. The topological polar surface area (TPSA) is 55.6 Å². The molecule has 0 aromatic heterocycles. The molecule has 20 heavy (non-hydrogen) atoms. The molecule has 1 saturated heterocycles. The lowest BCUT2D eigenvalue weighted by Crippen LogP contribution is -2.48. The second-order valence-corrected chi connectivity index (χ2v) is 5.81. The van der Waals surface area contributed by atoms with Gasteiger partial charge in [0.2, 0.25) is 0 Å². The molecule has 0 bridgehead atoms. The van der Waals surface area contributed by atoms with Crippen LogP contribution >= 0.6 is 0 Å². The summed E-state index contributed by atoms with van der Waals surface area (Å²) in [7, 11) is 1.42. The fourth-order valence-electron chi connectivity index (χ4n) is 2.87. The van der Waals surface area contributed by atoms with E-state index >= 15 is 0 Å². The third-order valence-electron chi connectivity index (χ3n) is 4.14. The lowest BCUT2D eigenvalue weighted by molar-refractivity contribution is -0.142. The minimum absolute atomic E-state index is 0.111. The fraction of sp³-hybridized carbons (Fsp3) is 0.562. The smallest absolute Gasteiger partial charge is 0.319 e. The first kappa shape index (κ1) is 15.0. The number of hydrogen-bond donors (Lipinski definition) is 1. The molecular weight excluding hydrogens is 252 g/mol. The minimum atomic E-state index is -0.196. The van der Waals surface area contributed by atoms with Crippen molar-refractivity contribution in [2.24, 2.45) is 5.73 Å². The Bertz CT molecular complexity index is 487. The van der Waals surface area contributed by atoms with E-state index in [1.54, 1.807) is 0 Å². The second kappa shape index (κ2) is 6.37. The second-order valence-electron chi connectivity index (χ2n) is 5.81. The van der Waals surface area contributed by atoms with Gasteiger partial charge in [0.1, 0.15) is 0 Å². The number of esters is 1. The number of carbonyl (C=O) groups excluding carboxylic acids is 1. The SMILES string of the molecule is COC(=O)CN1CC(N)CC(c2ccc(C)c(C)c2)C1. The molecule has 2 rings (SSSR count). The number of hydrogen-bond acceptors (Lipinski definition) is 4. The largest absolute Gasteiger partial charge is 0.468 e. The molecule has 2 atom stereocenters. The van der Waals surface area contributed by atoms with Crippen molar-refractivity contribution >= 4 is 5.97 Å². The van der Waals surface area contributed by atoms with Crippen LogP contribution in [0.15, 0.2) is 18.2 Å². The molecule has 1 heterocycles. The maximum atomic E-state index is 11.4. The predicted molar refractivity (Wildman–Crippen MR) is 79.7 cm³/mol. The first-order valence-corrected chi connectivity index (χ1v) is 7.11. The van der Waals surface area contributed by atoms with Gasteiger partial charge in [-0.2, -0.15) is 0 Å². The van der Waals surface area contributed by atoms with Crippen molar-refractivity contribution < 1.29 is 9.53 Å². The predicted octanol–water partition coefficient (Wildman–Crippen LogP) is 1.59. The van der Waals surface area contributed by atoms with Gasteiger partial charge in [0.25, 0.3) is 0 Å². The minimum Gasteiger partial charge on any atom is -0.468 e. The number of nitrogens with zero attached hydrogens (tertiary/aromatic N) is 1. The van der Waals surface area contributed by atoms with Crippen LogP contribution in [-0.4, -0.2) is 43.7 Å². The average Bonchev–Trinajstić information content (AvgIpc) is 2.41. The van der Waals surface area contributed by atoms with Crippen molar-refractivity contribution in [2.75, 3.05) is 26.7 Å². The van der Waals surface area contributed by atoms with Gasteiger partial charge in [-0.3, -0.25) is 9.69 Å². The molecule has 110 valence electrons. The highest BCUT2D eigenvalue weighted by Crippen LogP contribution is 2.27. The zero-order valence-corrected chi connectivity index (χ0v) is 12.6. The van der Waals surface area contributed by atoms with Crippen LogP contribution in [-0.2, 0) is 9.53 Å². The average molecular weight is 276 g/mol. The normalized spacial score (nSPS) is 23.6. The summed E-state index contributed by atoms with van der Waals surface area (Å²) in [5.74, 6) is 0.195. The molecule has 1 aliphatic rings. The lowest BCUT2D eigenvalue weighted by atomic mass is 9.87. The zero-order valence-electron chi connectivity index (χ0n) is 12.6. The van der Waals surface area contributed by atoms with E-state index in [0.29, 0.717) is 12.5 Å². The van der Waals surface area contributed by atoms with E-state index in [-0.39, 0.29) is 12.0 Å². The van der Waals surface area contributed by atoms with E-state index in [1.807, 2.05) is 0 Å². The first-order valence-electron chi connectivity index (χ1n) is 7.11. The van der Waals surface area contributed by atoms with Crippen LogP contribution in [0.4, 0.5) is 0 Å². The summed E-state index contributed by atoms with van der Waals surface area (Å²) < 4.78 is 4.74. The molecule has 1 aromatic carbocycles. The Morgan fingerprint density at radius 2 is 2.10 bits per heavy atom. The molecule has 0 saturated carbocycles. The van der Waals surface area contributed by atoms with Gasteiger partial charge >= 0.3 is 5.97 Å². The van der Waals surface area contributed by atoms with Gasteiger partial charge in [0.15, 0.2) is 0 Å². The zero-order chi connectivity index (χ0) is 14.7. The van der Waals surface area contributed by atoms with E-state index in [4.69, 9.17) is 10.5 Å². The molecule has 0 aliphatic carbocycles. The van der Waals surface area contributed by atoms with Crippen molar-refractivity contribution in [2.45, 2.75) is 32.2 Å². The summed E-state index contributed by atoms with van der Waals surface area (Å²) in [6, 6.07) is 6.70. The van der Waals surface area contributed by atoms with Gasteiger partial charge in [-0.15, -0.1) is 0 Å². The van der Waals surface area contributed by atoms with Crippen molar-refractivity contribution in [1.82, 2.24) is 4.90 Å². The Balaban J connectivity index is 2.10. The number of likely N-dealkylation sites (tertiary alicyclic amines) is 1. The van der Waals surface area contributed by atoms with E-state index in [1.165, 1.54) is 23.8 Å². The van der Waals surface area contributed by atoms with E-state index in [0.717, 1.165) is 19.5 Å². The van der Waals surface area contributed by atoms with Gasteiger partial charge in [-0.1, -0.05) is 18.2 Å². The number of aryl methyl sites for hydroxylation is 2. The Hall–Kier alpha value is -1.39. The molecule has 0 radical (unpaired) electrons. The number of carbonyl (C=O) groups is 1. The van der Waals surface area contributed by atoms with Crippen molar-refractivity contribution in [3.8, 4) is 0 Å². The molecule has 1 fully saturated rings. The van der Waals surface area contributed by atoms with E-state index in [2.05, 4.69) is 36.9 Å². The number of rotatable bonds is 3. The standard InChI is InChI=1S/C16H24N2O2/c1-11-4-5-13(6-12(11)2)14-7-15(17)9-18(8-14)10-16(19)20-3/h4-6,14-15H,7-10,17H2,1-3H3. The summed E-state index contributed by atoms with van der Waals surface area (Å²) in [6.07, 6.45) is 0.972. The van der Waals surface area contributed by atoms with Gasteiger partial charge in [-0.25, -0.2) is 0 Å². The van der Waals surface area contributed by atoms with Crippen LogP contribution in [0.25, 0.3) is 0 Å². The van der Waals surface area contributed by atoms with Gasteiger partial charge in [-0.05, 0) is 42.9 Å². The highest BCUT2D eigenvalue weighted by Gasteiger charge is 2.27. The van der Waals surface area contributed by atoms with Crippen LogP contribution in [0.5, 0.6) is 0 Å². The quantitative estimate of drug-likeness (QED) is 0.852. The molecule has 1 aromatic rings. The lowest BCUT2D eigenvalue weighted by Gasteiger charge is -2.36. The maximum Gasteiger partial charge on any atom is 0.319 e. The number of ether oxygens (including phenoxy) is 1. The van der Waals surface area contributed by atoms with Crippen LogP contribution in [0.1, 0.15) is 29.0 Å². The Kier molecular flexibility index (Phi) is 4.78. The van der Waals surface area contributed by atoms with Gasteiger partial charge < -0.3 is 10.5 Å². The molecule has 2 unspecified atom stereocenters. The van der Waals surface area contributed by atoms with Gasteiger partial charge in [0, 0.05) is 19.1 Å². The van der Waals surface area contributed by atoms with Crippen LogP contribution in [0.2, 0.25) is 0 Å². The van der Waals surface area contributed by atoms with Crippen LogP contribution < -0.4 is 5.73 Å². The number of methoxy groups -OCH3 is 1. The number of benzene rings is 1. The highest BCUT2D eigenvalue weighted by atomic mass is 16.5. The summed E-state index contributed by atoms with van der Waals surface area (Å²) >= 11 is 0. The fourth-order valence-corrected chi connectivity index (χ4v) is 2.87. The van der Waals surface area contributed by atoms with E-state index in [9.17, 15) is 4.79 Å². The number of piperidine rings is 1. The maximum absolute atomic E-state index is 11.4. The monoisotopic (exact) mass is 276 g/mol. The Labute approximate surface area is 120 Å². The molecule has 0 amide bonds. The van der Waals surface area contributed by atoms with Crippen LogP contribution in [0, 0.1) is 13.8 Å². The molecule has 1 aliphatic heterocycles. The Morgan fingerprint density at radius 3 is 2.75 bits per heavy atom. The third kappa shape index (κ3) is 3.58. The Morgan fingerprint density at radius 1 is 1.35 bits per heavy atom. The molecule has 0 spiro atoms. The van der Waals surface area contributed by atoms with Crippen molar-refractivity contribution in [1.29, 1.82) is 0 Å². The third-order valence-corrected chi connectivity index (χ3v) is 4.14. The summed E-state index contributed by atoms with van der Waals surface area (Å²) in [5.41, 5.74) is 10.1. The van der Waals surface area contributed by atoms with Crippen molar-refractivity contribution in [3.05, 3.63) is 34.9 Å². The molecular formula is C16H24N2O2. The summed E-state index contributed by atoms with van der Waals surface area (Å²) in [5, 5.41) is 0. The number of nitrogens with two attached hydrogens (primary N) is 1. The van der Waals surface area contributed by atoms with Crippen LogP contribution in [0.3, 0.4) is 0 Å². The van der Waals surface area contributed by atoms with Crippen molar-refractivity contribution in [3.63, 3.8) is 0 Å². The molecule has 4 heteroatoms. The first-order chi connectivity index (χ1) is 9.49. The van der Waals surface area contributed by atoms with E-state index < -0.39 is 0 Å². The van der Waals surface area contributed by atoms with Gasteiger partial charge in [0.05, 0.1) is 13.7 Å². The molecule has 2 N–H and O–H groups in total. The molecule has 4 nitrogen and oxygen atoms in total.